The minimum Gasteiger partial charge on any atom is -0.493 e. The predicted molar refractivity (Wildman–Crippen MR) is 110 cm³/mol. The first kappa shape index (κ1) is 19.2. The molecule has 27 heavy (non-hydrogen) atoms. The van der Waals surface area contributed by atoms with Crippen LogP contribution in [-0.4, -0.2) is 45.7 Å². The number of thiophene rings is 1. The third kappa shape index (κ3) is 3.91. The number of methoxy groups -OCH3 is 2. The zero-order chi connectivity index (χ0) is 19.4. The SMILES string of the molecule is COc1cccc(C(=O)NC[C@@H](c2csc3ccccc23)N(C)C)c1OC. The van der Waals surface area contributed by atoms with E-state index in [1.807, 2.05) is 26.2 Å². The maximum atomic E-state index is 12.8. The Morgan fingerprint density at radius 1 is 1.11 bits per heavy atom. The summed E-state index contributed by atoms with van der Waals surface area (Å²) in [5.41, 5.74) is 1.68. The first-order valence-corrected chi connectivity index (χ1v) is 9.56. The minimum atomic E-state index is -0.183. The van der Waals surface area contributed by atoms with Crippen LogP contribution in [0.15, 0.2) is 47.8 Å². The Labute approximate surface area is 163 Å². The van der Waals surface area contributed by atoms with Gasteiger partial charge in [-0.25, -0.2) is 0 Å². The fraction of sp³-hybridized carbons (Fsp3) is 0.286. The quantitative estimate of drug-likeness (QED) is 0.670. The molecule has 6 heteroatoms. The third-order valence-corrected chi connectivity index (χ3v) is 5.58. The van der Waals surface area contributed by atoms with Crippen molar-refractivity contribution in [3.05, 3.63) is 59.0 Å². The number of benzene rings is 2. The van der Waals surface area contributed by atoms with E-state index in [2.05, 4.69) is 27.7 Å². The molecular weight excluding hydrogens is 360 g/mol. The summed E-state index contributed by atoms with van der Waals surface area (Å²) in [4.78, 5) is 14.9. The summed E-state index contributed by atoms with van der Waals surface area (Å²) >= 11 is 1.73. The first-order chi connectivity index (χ1) is 13.1. The largest absolute Gasteiger partial charge is 0.493 e. The summed E-state index contributed by atoms with van der Waals surface area (Å²) < 4.78 is 11.9. The summed E-state index contributed by atoms with van der Waals surface area (Å²) in [6, 6.07) is 13.7. The molecule has 0 unspecified atom stereocenters. The van der Waals surface area contributed by atoms with Crippen LogP contribution in [0.2, 0.25) is 0 Å². The maximum absolute atomic E-state index is 12.8. The molecule has 0 aliphatic rings. The van der Waals surface area contributed by atoms with E-state index in [0.717, 1.165) is 0 Å². The fourth-order valence-electron chi connectivity index (χ4n) is 3.18. The lowest BCUT2D eigenvalue weighted by Crippen LogP contribution is -2.34. The van der Waals surface area contributed by atoms with Crippen LogP contribution in [0.3, 0.4) is 0 Å². The molecule has 3 aromatic rings. The number of carbonyl (C=O) groups excluding carboxylic acids is 1. The lowest BCUT2D eigenvalue weighted by atomic mass is 10.0. The Kier molecular flexibility index (Phi) is 5.98. The van der Waals surface area contributed by atoms with Gasteiger partial charge in [-0.2, -0.15) is 0 Å². The lowest BCUT2D eigenvalue weighted by Gasteiger charge is -2.25. The monoisotopic (exact) mass is 384 g/mol. The summed E-state index contributed by atoms with van der Waals surface area (Å²) in [5, 5.41) is 6.45. The lowest BCUT2D eigenvalue weighted by molar-refractivity contribution is 0.0938. The molecule has 1 N–H and O–H groups in total. The third-order valence-electron chi connectivity index (χ3n) is 4.60. The van der Waals surface area contributed by atoms with Crippen LogP contribution in [0, 0.1) is 0 Å². The van der Waals surface area contributed by atoms with Gasteiger partial charge in [0.15, 0.2) is 11.5 Å². The molecule has 0 aliphatic heterocycles. The van der Waals surface area contributed by atoms with Gasteiger partial charge in [-0.15, -0.1) is 11.3 Å². The molecule has 5 nitrogen and oxygen atoms in total. The van der Waals surface area contributed by atoms with Crippen molar-refractivity contribution in [2.24, 2.45) is 0 Å². The van der Waals surface area contributed by atoms with Gasteiger partial charge < -0.3 is 19.7 Å². The highest BCUT2D eigenvalue weighted by Crippen LogP contribution is 2.33. The van der Waals surface area contributed by atoms with Crippen LogP contribution >= 0.6 is 11.3 Å². The van der Waals surface area contributed by atoms with E-state index in [1.54, 1.807) is 36.6 Å². The van der Waals surface area contributed by atoms with Crippen molar-refractivity contribution in [3.8, 4) is 11.5 Å². The summed E-state index contributed by atoms with van der Waals surface area (Å²) in [6.45, 7) is 0.493. The molecule has 0 spiro atoms. The van der Waals surface area contributed by atoms with E-state index in [1.165, 1.54) is 22.8 Å². The Morgan fingerprint density at radius 3 is 2.59 bits per heavy atom. The number of amides is 1. The first-order valence-electron chi connectivity index (χ1n) is 8.68. The average molecular weight is 385 g/mol. The van der Waals surface area contributed by atoms with Crippen molar-refractivity contribution in [1.29, 1.82) is 0 Å². The number of rotatable bonds is 7. The molecule has 0 radical (unpaired) electrons. The van der Waals surface area contributed by atoms with Crippen molar-refractivity contribution < 1.29 is 14.3 Å². The standard InChI is InChI=1S/C21H24N2O3S/c1-23(2)17(16-13-27-19-11-6-5-8-14(16)19)12-22-21(24)15-9-7-10-18(25-3)20(15)26-4/h5-11,13,17H,12H2,1-4H3,(H,22,24)/t17-/m0/s1. The summed E-state index contributed by atoms with van der Waals surface area (Å²) in [5.74, 6) is 0.801. The van der Waals surface area contributed by atoms with Crippen LogP contribution in [0.5, 0.6) is 11.5 Å². The molecule has 0 fully saturated rings. The summed E-state index contributed by atoms with van der Waals surface area (Å²) in [7, 11) is 7.14. The highest BCUT2D eigenvalue weighted by atomic mass is 32.1. The Morgan fingerprint density at radius 2 is 1.89 bits per heavy atom. The average Bonchev–Trinajstić information content (AvgIpc) is 3.11. The van der Waals surface area contributed by atoms with Gasteiger partial charge in [0, 0.05) is 11.2 Å². The van der Waals surface area contributed by atoms with Crippen molar-refractivity contribution in [2.45, 2.75) is 6.04 Å². The van der Waals surface area contributed by atoms with Gasteiger partial charge in [-0.1, -0.05) is 24.3 Å². The van der Waals surface area contributed by atoms with Crippen molar-refractivity contribution in [3.63, 3.8) is 0 Å². The van der Waals surface area contributed by atoms with E-state index >= 15 is 0 Å². The second-order valence-corrected chi connectivity index (χ2v) is 7.33. The smallest absolute Gasteiger partial charge is 0.255 e. The molecular formula is C21H24N2O3S. The molecule has 2 aromatic carbocycles. The molecule has 1 heterocycles. The van der Waals surface area contributed by atoms with Gasteiger partial charge in [0.1, 0.15) is 0 Å². The van der Waals surface area contributed by atoms with Crippen LogP contribution in [0.25, 0.3) is 10.1 Å². The van der Waals surface area contributed by atoms with E-state index in [-0.39, 0.29) is 11.9 Å². The maximum Gasteiger partial charge on any atom is 0.255 e. The van der Waals surface area contributed by atoms with Crippen molar-refractivity contribution >= 4 is 27.3 Å². The number of para-hydroxylation sites is 1. The highest BCUT2D eigenvalue weighted by Gasteiger charge is 2.21. The van der Waals surface area contributed by atoms with Crippen LogP contribution < -0.4 is 14.8 Å². The molecule has 142 valence electrons. The molecule has 1 atom stereocenters. The Hall–Kier alpha value is -2.57. The van der Waals surface area contributed by atoms with Crippen molar-refractivity contribution in [2.75, 3.05) is 34.9 Å². The van der Waals surface area contributed by atoms with Gasteiger partial charge >= 0.3 is 0 Å². The van der Waals surface area contributed by atoms with E-state index in [0.29, 0.717) is 23.6 Å². The zero-order valence-corrected chi connectivity index (χ0v) is 16.8. The van der Waals surface area contributed by atoms with E-state index < -0.39 is 0 Å². The molecule has 0 aliphatic carbocycles. The highest BCUT2D eigenvalue weighted by molar-refractivity contribution is 7.17. The second kappa shape index (κ2) is 8.41. The molecule has 1 aromatic heterocycles. The number of fused-ring (bicyclic) bond motifs is 1. The fourth-order valence-corrected chi connectivity index (χ4v) is 4.19. The van der Waals surface area contributed by atoms with E-state index in [9.17, 15) is 4.79 Å². The summed E-state index contributed by atoms with van der Waals surface area (Å²) in [6.07, 6.45) is 0. The van der Waals surface area contributed by atoms with Gasteiger partial charge in [0.2, 0.25) is 0 Å². The number of likely N-dealkylation sites (N-methyl/N-ethyl adjacent to an activating group) is 1. The number of nitrogens with zero attached hydrogens (tertiary/aromatic N) is 1. The second-order valence-electron chi connectivity index (χ2n) is 6.42. The van der Waals surface area contributed by atoms with E-state index in [4.69, 9.17) is 9.47 Å². The van der Waals surface area contributed by atoms with Crippen LogP contribution in [0.1, 0.15) is 22.0 Å². The topological polar surface area (TPSA) is 50.8 Å². The van der Waals surface area contributed by atoms with Gasteiger partial charge in [0.25, 0.3) is 5.91 Å². The van der Waals surface area contributed by atoms with Gasteiger partial charge in [-0.3, -0.25) is 4.79 Å². The molecule has 3 rings (SSSR count). The Bertz CT molecular complexity index is 936. The number of ether oxygens (including phenoxy) is 2. The normalized spacial score (nSPS) is 12.2. The zero-order valence-electron chi connectivity index (χ0n) is 16.0. The van der Waals surface area contributed by atoms with Crippen LogP contribution in [-0.2, 0) is 0 Å². The predicted octanol–water partition coefficient (Wildman–Crippen LogP) is 3.95. The number of hydrogen-bond acceptors (Lipinski definition) is 5. The number of nitrogens with one attached hydrogen (secondary N) is 1. The molecule has 0 saturated heterocycles. The van der Waals surface area contributed by atoms with Crippen molar-refractivity contribution in [1.82, 2.24) is 10.2 Å². The number of carbonyl (C=O) groups is 1. The molecule has 1 amide bonds. The molecule has 0 bridgehead atoms. The van der Waals surface area contributed by atoms with Gasteiger partial charge in [-0.05, 0) is 48.6 Å². The van der Waals surface area contributed by atoms with Crippen LogP contribution in [0.4, 0.5) is 0 Å². The Balaban J connectivity index is 1.82. The minimum absolute atomic E-state index is 0.0710. The number of hydrogen-bond donors (Lipinski definition) is 1. The molecule has 0 saturated carbocycles. The van der Waals surface area contributed by atoms with Gasteiger partial charge in [0.05, 0.1) is 25.8 Å².